The van der Waals surface area contributed by atoms with Gasteiger partial charge in [-0.2, -0.15) is 0 Å². The van der Waals surface area contributed by atoms with Gasteiger partial charge >= 0.3 is 5.97 Å². The van der Waals surface area contributed by atoms with E-state index in [4.69, 9.17) is 9.47 Å². The van der Waals surface area contributed by atoms with Gasteiger partial charge in [-0.3, -0.25) is 19.2 Å². The number of ether oxygens (including phenoxy) is 2. The molecule has 0 atom stereocenters. The van der Waals surface area contributed by atoms with E-state index >= 15 is 0 Å². The van der Waals surface area contributed by atoms with Crippen molar-refractivity contribution >= 4 is 23.6 Å². The monoisotopic (exact) mass is 468 g/mol. The van der Waals surface area contributed by atoms with Crippen LogP contribution in [0, 0.1) is 0 Å². The third-order valence-corrected chi connectivity index (χ3v) is 4.93. The molecule has 0 aliphatic carbocycles. The van der Waals surface area contributed by atoms with Gasteiger partial charge in [0, 0.05) is 24.6 Å². The largest absolute Gasteiger partial charge is 0.494 e. The van der Waals surface area contributed by atoms with Gasteiger partial charge in [-0.15, -0.1) is 0 Å². The summed E-state index contributed by atoms with van der Waals surface area (Å²) in [5.74, 6) is -0.825. The average molecular weight is 469 g/mol. The van der Waals surface area contributed by atoms with Crippen LogP contribution in [0.4, 0.5) is 0 Å². The molecule has 0 radical (unpaired) electrons. The molecule has 0 saturated carbocycles. The van der Waals surface area contributed by atoms with Gasteiger partial charge in [-0.25, -0.2) is 0 Å². The van der Waals surface area contributed by atoms with Gasteiger partial charge in [0.15, 0.2) is 12.4 Å². The quantitative estimate of drug-likeness (QED) is 0.250. The van der Waals surface area contributed by atoms with Crippen LogP contribution in [-0.2, 0) is 20.7 Å². The predicted molar refractivity (Wildman–Crippen MR) is 128 cm³/mol. The number of Topliss-reactive ketones (excluding diaryl/α,β-unsaturated/α-hetero) is 1. The summed E-state index contributed by atoms with van der Waals surface area (Å²) in [6.07, 6.45) is 3.57. The number of rotatable bonds is 14. The first-order valence-electron chi connectivity index (χ1n) is 11.4. The highest BCUT2D eigenvalue weighted by atomic mass is 16.5. The van der Waals surface area contributed by atoms with E-state index < -0.39 is 18.5 Å². The molecule has 8 heteroatoms. The second-order valence-electron chi connectivity index (χ2n) is 7.78. The Morgan fingerprint density at radius 3 is 2.18 bits per heavy atom. The summed E-state index contributed by atoms with van der Waals surface area (Å²) in [5, 5.41) is 5.22. The van der Waals surface area contributed by atoms with E-state index in [-0.39, 0.29) is 18.2 Å². The summed E-state index contributed by atoms with van der Waals surface area (Å²) < 4.78 is 10.5. The molecule has 2 amide bonds. The molecule has 182 valence electrons. The first-order chi connectivity index (χ1) is 16.4. The Kier molecular flexibility index (Phi) is 11.3. The Morgan fingerprint density at radius 2 is 1.53 bits per heavy atom. The van der Waals surface area contributed by atoms with Crippen LogP contribution >= 0.6 is 0 Å². The molecule has 2 aromatic carbocycles. The van der Waals surface area contributed by atoms with Crippen LogP contribution in [0.15, 0.2) is 48.5 Å². The van der Waals surface area contributed by atoms with Crippen LogP contribution in [-0.4, -0.2) is 49.9 Å². The third kappa shape index (κ3) is 9.85. The number of carbonyl (C=O) groups is 4. The summed E-state index contributed by atoms with van der Waals surface area (Å²) in [5.41, 5.74) is 1.87. The minimum atomic E-state index is -0.698. The number of ketones is 1. The van der Waals surface area contributed by atoms with Gasteiger partial charge in [0.25, 0.3) is 5.91 Å². The Hall–Kier alpha value is -3.68. The number of amides is 2. The van der Waals surface area contributed by atoms with Crippen molar-refractivity contribution in [2.24, 2.45) is 0 Å². The number of hydrogen-bond acceptors (Lipinski definition) is 6. The molecule has 2 aromatic rings. The maximum absolute atomic E-state index is 12.3. The highest BCUT2D eigenvalue weighted by Gasteiger charge is 2.12. The second-order valence-corrected chi connectivity index (χ2v) is 7.78. The number of benzene rings is 2. The fourth-order valence-electron chi connectivity index (χ4n) is 2.99. The van der Waals surface area contributed by atoms with Crippen LogP contribution in [0.1, 0.15) is 59.4 Å². The molecular weight excluding hydrogens is 436 g/mol. The number of unbranched alkanes of at least 4 members (excludes halogenated alkanes) is 1. The summed E-state index contributed by atoms with van der Waals surface area (Å²) in [6.45, 7) is 4.03. The van der Waals surface area contributed by atoms with Crippen molar-refractivity contribution in [1.82, 2.24) is 10.6 Å². The van der Waals surface area contributed by atoms with E-state index in [0.717, 1.165) is 31.2 Å². The van der Waals surface area contributed by atoms with Crippen molar-refractivity contribution in [3.05, 3.63) is 65.2 Å². The lowest BCUT2D eigenvalue weighted by molar-refractivity contribution is -0.141. The second kappa shape index (κ2) is 14.5. The lowest BCUT2D eigenvalue weighted by atomic mass is 10.1. The molecule has 0 aliphatic rings. The molecule has 2 N–H and O–H groups in total. The van der Waals surface area contributed by atoms with E-state index in [1.807, 2.05) is 12.1 Å². The van der Waals surface area contributed by atoms with Crippen LogP contribution in [0.3, 0.4) is 0 Å². The van der Waals surface area contributed by atoms with Gasteiger partial charge in [-0.1, -0.05) is 37.6 Å². The molecule has 2 rings (SSSR count). The van der Waals surface area contributed by atoms with Crippen molar-refractivity contribution in [2.45, 2.75) is 39.5 Å². The molecule has 0 spiro atoms. The van der Waals surface area contributed by atoms with Crippen LogP contribution in [0.25, 0.3) is 0 Å². The van der Waals surface area contributed by atoms with Crippen molar-refractivity contribution in [3.63, 3.8) is 0 Å². The van der Waals surface area contributed by atoms with Gasteiger partial charge < -0.3 is 20.1 Å². The van der Waals surface area contributed by atoms with Gasteiger partial charge in [0.1, 0.15) is 12.3 Å². The standard InChI is InChI=1S/C26H32N2O6/c1-3-4-16-33-23-13-11-22(12-14-23)26(32)28-17-25(31)34-18-24(30)21-9-7-20(8-10-21)6-5-15-27-19(2)29/h7-14H,3-6,15-18H2,1-2H3,(H,27,29)(H,28,32). The molecule has 0 heterocycles. The number of hydrogen-bond donors (Lipinski definition) is 2. The normalized spacial score (nSPS) is 10.3. The Balaban J connectivity index is 1.69. The molecule has 0 bridgehead atoms. The molecular formula is C26H32N2O6. The fraction of sp³-hybridized carbons (Fsp3) is 0.385. The number of nitrogens with one attached hydrogen (secondary N) is 2. The first-order valence-corrected chi connectivity index (χ1v) is 11.4. The predicted octanol–water partition coefficient (Wildman–Crippen LogP) is 3.09. The maximum atomic E-state index is 12.3. The molecule has 0 aromatic heterocycles. The van der Waals surface area contributed by atoms with Crippen molar-refractivity contribution in [1.29, 1.82) is 0 Å². The molecule has 0 saturated heterocycles. The van der Waals surface area contributed by atoms with Gasteiger partial charge in [0.2, 0.25) is 5.91 Å². The van der Waals surface area contributed by atoms with E-state index in [1.165, 1.54) is 6.92 Å². The number of esters is 1. The Bertz CT molecular complexity index is 954. The molecule has 0 aliphatic heterocycles. The molecule has 34 heavy (non-hydrogen) atoms. The van der Waals surface area contributed by atoms with Crippen LogP contribution in [0.5, 0.6) is 5.75 Å². The summed E-state index contributed by atoms with van der Waals surface area (Å²) in [6, 6.07) is 13.7. The number of carbonyl (C=O) groups excluding carboxylic acids is 4. The molecule has 0 unspecified atom stereocenters. The third-order valence-electron chi connectivity index (χ3n) is 4.93. The Labute approximate surface area is 200 Å². The SMILES string of the molecule is CCCCOc1ccc(C(=O)NCC(=O)OCC(=O)c2ccc(CCCNC(C)=O)cc2)cc1. The van der Waals surface area contributed by atoms with Crippen LogP contribution < -0.4 is 15.4 Å². The lowest BCUT2D eigenvalue weighted by Crippen LogP contribution is -2.31. The van der Waals surface area contributed by atoms with E-state index in [9.17, 15) is 19.2 Å². The lowest BCUT2D eigenvalue weighted by Gasteiger charge is -2.08. The smallest absolute Gasteiger partial charge is 0.325 e. The zero-order chi connectivity index (χ0) is 24.8. The Morgan fingerprint density at radius 1 is 0.853 bits per heavy atom. The summed E-state index contributed by atoms with van der Waals surface area (Å²) in [4.78, 5) is 47.2. The van der Waals surface area contributed by atoms with Gasteiger partial charge in [-0.05, 0) is 49.1 Å². The van der Waals surface area contributed by atoms with Crippen molar-refractivity contribution < 1.29 is 28.7 Å². The van der Waals surface area contributed by atoms with Crippen molar-refractivity contribution in [3.8, 4) is 5.75 Å². The van der Waals surface area contributed by atoms with Crippen LogP contribution in [0.2, 0.25) is 0 Å². The highest BCUT2D eigenvalue weighted by molar-refractivity contribution is 5.98. The molecule has 0 fully saturated rings. The summed E-state index contributed by atoms with van der Waals surface area (Å²) in [7, 11) is 0. The topological polar surface area (TPSA) is 111 Å². The average Bonchev–Trinajstić information content (AvgIpc) is 2.84. The molecule has 8 nitrogen and oxygen atoms in total. The minimum absolute atomic E-state index is 0.0583. The zero-order valence-corrected chi connectivity index (χ0v) is 19.7. The number of aryl methyl sites for hydroxylation is 1. The highest BCUT2D eigenvalue weighted by Crippen LogP contribution is 2.13. The fourth-order valence-corrected chi connectivity index (χ4v) is 2.99. The maximum Gasteiger partial charge on any atom is 0.325 e. The van der Waals surface area contributed by atoms with E-state index in [1.54, 1.807) is 36.4 Å². The van der Waals surface area contributed by atoms with Crippen molar-refractivity contribution in [2.75, 3.05) is 26.3 Å². The summed E-state index contributed by atoms with van der Waals surface area (Å²) >= 11 is 0. The zero-order valence-electron chi connectivity index (χ0n) is 19.7. The van der Waals surface area contributed by atoms with E-state index in [2.05, 4.69) is 17.6 Å². The van der Waals surface area contributed by atoms with E-state index in [0.29, 0.717) is 30.0 Å². The van der Waals surface area contributed by atoms with Gasteiger partial charge in [0.05, 0.1) is 6.61 Å². The first kappa shape index (κ1) is 26.6. The minimum Gasteiger partial charge on any atom is -0.494 e.